The Morgan fingerprint density at radius 3 is 2.48 bits per heavy atom. The standard InChI is InChI=1S/C19H17ClO3/c1-11(2)9-17-18(12-3-5-13(20)6-4-12)19(22)15-8-7-14(21)10-16(15)23-17/h3-8,10-11,21H,9H2,1-2H3. The molecule has 1 aromatic heterocycles. The van der Waals surface area contributed by atoms with E-state index in [-0.39, 0.29) is 11.2 Å². The molecule has 2 aromatic carbocycles. The van der Waals surface area contributed by atoms with E-state index in [2.05, 4.69) is 13.8 Å². The summed E-state index contributed by atoms with van der Waals surface area (Å²) in [6.45, 7) is 4.14. The average Bonchev–Trinajstić information content (AvgIpc) is 2.48. The Labute approximate surface area is 139 Å². The Bertz CT molecular complexity index is 908. The highest BCUT2D eigenvalue weighted by atomic mass is 35.5. The first-order chi connectivity index (χ1) is 11.0. The van der Waals surface area contributed by atoms with Crippen molar-refractivity contribution in [3.63, 3.8) is 0 Å². The lowest BCUT2D eigenvalue weighted by molar-refractivity contribution is 0.468. The van der Waals surface area contributed by atoms with Gasteiger partial charge in [0.05, 0.1) is 10.9 Å². The van der Waals surface area contributed by atoms with Gasteiger partial charge in [0.15, 0.2) is 0 Å². The molecule has 0 bridgehead atoms. The number of hydrogen-bond donors (Lipinski definition) is 1. The van der Waals surface area contributed by atoms with Gasteiger partial charge in [-0.05, 0) is 35.7 Å². The van der Waals surface area contributed by atoms with Gasteiger partial charge in [-0.1, -0.05) is 37.6 Å². The second-order valence-corrected chi connectivity index (χ2v) is 6.45. The van der Waals surface area contributed by atoms with Gasteiger partial charge in [0, 0.05) is 17.5 Å². The molecule has 0 atom stereocenters. The maximum absolute atomic E-state index is 13.0. The van der Waals surface area contributed by atoms with Crippen LogP contribution in [0.5, 0.6) is 5.75 Å². The van der Waals surface area contributed by atoms with Crippen LogP contribution in [-0.4, -0.2) is 5.11 Å². The van der Waals surface area contributed by atoms with E-state index in [1.54, 1.807) is 18.2 Å². The third-order valence-electron chi connectivity index (χ3n) is 3.68. The van der Waals surface area contributed by atoms with Gasteiger partial charge < -0.3 is 9.52 Å². The summed E-state index contributed by atoms with van der Waals surface area (Å²) < 4.78 is 5.96. The van der Waals surface area contributed by atoms with Crippen LogP contribution in [0.4, 0.5) is 0 Å². The van der Waals surface area contributed by atoms with Crippen LogP contribution in [0.1, 0.15) is 19.6 Å². The molecule has 0 fully saturated rings. The fourth-order valence-corrected chi connectivity index (χ4v) is 2.78. The zero-order valence-corrected chi connectivity index (χ0v) is 13.7. The van der Waals surface area contributed by atoms with Crippen LogP contribution < -0.4 is 5.43 Å². The fourth-order valence-electron chi connectivity index (χ4n) is 2.65. The van der Waals surface area contributed by atoms with Gasteiger partial charge in [0.25, 0.3) is 0 Å². The van der Waals surface area contributed by atoms with Crippen LogP contribution in [0.3, 0.4) is 0 Å². The normalized spacial score (nSPS) is 11.3. The van der Waals surface area contributed by atoms with Crippen LogP contribution in [0.15, 0.2) is 51.7 Å². The summed E-state index contributed by atoms with van der Waals surface area (Å²) in [5.74, 6) is 1.04. The minimum absolute atomic E-state index is 0.0791. The van der Waals surface area contributed by atoms with Crippen molar-refractivity contribution in [1.29, 1.82) is 0 Å². The van der Waals surface area contributed by atoms with E-state index in [0.717, 1.165) is 5.56 Å². The lowest BCUT2D eigenvalue weighted by Crippen LogP contribution is -2.10. The third kappa shape index (κ3) is 3.10. The van der Waals surface area contributed by atoms with Gasteiger partial charge in [-0.25, -0.2) is 0 Å². The van der Waals surface area contributed by atoms with Crippen molar-refractivity contribution < 1.29 is 9.52 Å². The molecule has 0 spiro atoms. The van der Waals surface area contributed by atoms with E-state index in [1.807, 2.05) is 12.1 Å². The first kappa shape index (κ1) is 15.6. The van der Waals surface area contributed by atoms with Gasteiger partial charge in [-0.2, -0.15) is 0 Å². The van der Waals surface area contributed by atoms with Gasteiger partial charge in [-0.15, -0.1) is 0 Å². The Morgan fingerprint density at radius 2 is 1.83 bits per heavy atom. The number of hydrogen-bond acceptors (Lipinski definition) is 3. The van der Waals surface area contributed by atoms with E-state index >= 15 is 0 Å². The number of fused-ring (bicyclic) bond motifs is 1. The fraction of sp³-hybridized carbons (Fsp3) is 0.211. The van der Waals surface area contributed by atoms with E-state index in [9.17, 15) is 9.90 Å². The number of phenolic OH excluding ortho intramolecular Hbond substituents is 1. The van der Waals surface area contributed by atoms with Crippen molar-refractivity contribution in [2.24, 2.45) is 5.92 Å². The molecule has 0 aliphatic rings. The number of aromatic hydroxyl groups is 1. The number of halogens is 1. The van der Waals surface area contributed by atoms with E-state index in [0.29, 0.717) is 39.7 Å². The Balaban J connectivity index is 2.33. The molecule has 0 aliphatic heterocycles. The van der Waals surface area contributed by atoms with E-state index in [4.69, 9.17) is 16.0 Å². The minimum atomic E-state index is -0.0933. The molecule has 23 heavy (non-hydrogen) atoms. The van der Waals surface area contributed by atoms with Crippen LogP contribution in [0.25, 0.3) is 22.1 Å². The summed E-state index contributed by atoms with van der Waals surface area (Å²) in [6, 6.07) is 11.7. The molecular weight excluding hydrogens is 312 g/mol. The molecule has 1 N–H and O–H groups in total. The molecule has 3 nitrogen and oxygen atoms in total. The average molecular weight is 329 g/mol. The molecule has 0 radical (unpaired) electrons. The van der Waals surface area contributed by atoms with Crippen molar-refractivity contribution in [1.82, 2.24) is 0 Å². The van der Waals surface area contributed by atoms with Crippen LogP contribution in [0, 0.1) is 5.92 Å². The zero-order chi connectivity index (χ0) is 16.6. The molecule has 0 saturated carbocycles. The summed E-state index contributed by atoms with van der Waals surface area (Å²) in [6.07, 6.45) is 0.638. The van der Waals surface area contributed by atoms with Crippen molar-refractivity contribution >= 4 is 22.6 Å². The summed E-state index contributed by atoms with van der Waals surface area (Å²) >= 11 is 5.95. The highest BCUT2D eigenvalue weighted by Gasteiger charge is 2.17. The molecule has 3 rings (SSSR count). The van der Waals surface area contributed by atoms with Crippen LogP contribution >= 0.6 is 11.6 Å². The molecule has 0 amide bonds. The molecule has 1 heterocycles. The maximum Gasteiger partial charge on any atom is 0.200 e. The van der Waals surface area contributed by atoms with Crippen molar-refractivity contribution in [3.05, 3.63) is 63.5 Å². The minimum Gasteiger partial charge on any atom is -0.508 e. The molecule has 0 aliphatic carbocycles. The quantitative estimate of drug-likeness (QED) is 0.734. The number of rotatable bonds is 3. The largest absolute Gasteiger partial charge is 0.508 e. The summed E-state index contributed by atoms with van der Waals surface area (Å²) in [7, 11) is 0. The Kier molecular flexibility index (Phi) is 4.14. The van der Waals surface area contributed by atoms with Gasteiger partial charge in [0.2, 0.25) is 5.43 Å². The Hall–Kier alpha value is -2.26. The first-order valence-corrected chi connectivity index (χ1v) is 7.88. The summed E-state index contributed by atoms with van der Waals surface area (Å²) in [5.41, 5.74) is 1.66. The van der Waals surface area contributed by atoms with Crippen LogP contribution in [-0.2, 0) is 6.42 Å². The number of phenols is 1. The van der Waals surface area contributed by atoms with Crippen molar-refractivity contribution in [2.45, 2.75) is 20.3 Å². The van der Waals surface area contributed by atoms with Gasteiger partial charge in [-0.3, -0.25) is 4.79 Å². The second-order valence-electron chi connectivity index (χ2n) is 6.01. The van der Waals surface area contributed by atoms with Crippen molar-refractivity contribution in [3.8, 4) is 16.9 Å². The predicted molar refractivity (Wildman–Crippen MR) is 93.1 cm³/mol. The maximum atomic E-state index is 13.0. The molecular formula is C19H17ClO3. The highest BCUT2D eigenvalue weighted by molar-refractivity contribution is 6.30. The van der Waals surface area contributed by atoms with E-state index in [1.165, 1.54) is 12.1 Å². The van der Waals surface area contributed by atoms with E-state index < -0.39 is 0 Å². The lowest BCUT2D eigenvalue weighted by atomic mass is 9.97. The molecule has 0 unspecified atom stereocenters. The lowest BCUT2D eigenvalue weighted by Gasteiger charge is -2.12. The Morgan fingerprint density at radius 1 is 1.13 bits per heavy atom. The van der Waals surface area contributed by atoms with Crippen LogP contribution in [0.2, 0.25) is 5.02 Å². The van der Waals surface area contributed by atoms with Crippen molar-refractivity contribution in [2.75, 3.05) is 0 Å². The highest BCUT2D eigenvalue weighted by Crippen LogP contribution is 2.28. The van der Waals surface area contributed by atoms with Gasteiger partial charge >= 0.3 is 0 Å². The smallest absolute Gasteiger partial charge is 0.200 e. The molecule has 0 saturated heterocycles. The summed E-state index contributed by atoms with van der Waals surface area (Å²) in [4.78, 5) is 13.0. The molecule has 3 aromatic rings. The zero-order valence-electron chi connectivity index (χ0n) is 13.0. The number of benzene rings is 2. The SMILES string of the molecule is CC(C)Cc1oc2cc(O)ccc2c(=O)c1-c1ccc(Cl)cc1. The van der Waals surface area contributed by atoms with Gasteiger partial charge in [0.1, 0.15) is 17.1 Å². The summed E-state index contributed by atoms with van der Waals surface area (Å²) in [5, 5.41) is 10.7. The predicted octanol–water partition coefficient (Wildman–Crippen LogP) is 5.02. The first-order valence-electron chi connectivity index (χ1n) is 7.50. The second kappa shape index (κ2) is 6.09. The monoisotopic (exact) mass is 328 g/mol. The topological polar surface area (TPSA) is 50.4 Å². The third-order valence-corrected chi connectivity index (χ3v) is 3.93. The molecule has 4 heteroatoms. The molecule has 118 valence electrons.